The fourth-order valence-electron chi connectivity index (χ4n) is 4.82. The van der Waals surface area contributed by atoms with Crippen LogP contribution in [0.4, 0.5) is 16.2 Å². The van der Waals surface area contributed by atoms with Crippen molar-refractivity contribution in [2.24, 2.45) is 0 Å². The second kappa shape index (κ2) is 9.38. The van der Waals surface area contributed by atoms with Crippen LogP contribution in [0, 0.1) is 13.8 Å². The maximum Gasteiger partial charge on any atom is 0.294 e. The van der Waals surface area contributed by atoms with Crippen LogP contribution in [0.25, 0.3) is 11.6 Å². The van der Waals surface area contributed by atoms with Crippen LogP contribution in [0.3, 0.4) is 0 Å². The van der Waals surface area contributed by atoms with Crippen LogP contribution in [-0.2, 0) is 9.59 Å². The molecule has 7 heteroatoms. The van der Waals surface area contributed by atoms with E-state index in [1.807, 2.05) is 32.0 Å². The van der Waals surface area contributed by atoms with E-state index in [4.69, 9.17) is 0 Å². The molecule has 0 bridgehead atoms. The van der Waals surface area contributed by atoms with Gasteiger partial charge < -0.3 is 10.2 Å². The third-order valence-corrected chi connectivity index (χ3v) is 7.35. The fourth-order valence-corrected chi connectivity index (χ4v) is 5.65. The molecule has 0 spiro atoms. The SMILES string of the molecule is CCN1c2cc(C)c(/C=C3/SC(=O)N(CC(=O)Nc4cccc(C)c4)C3=O)cc2C(C)=CC1(C)C. The molecule has 0 atom stereocenters. The lowest BCUT2D eigenvalue weighted by Crippen LogP contribution is -2.44. The number of amides is 3. The van der Waals surface area contributed by atoms with Crippen LogP contribution in [0.15, 0.2) is 47.4 Å². The van der Waals surface area contributed by atoms with Crippen LogP contribution >= 0.6 is 11.8 Å². The Labute approximate surface area is 211 Å². The Morgan fingerprint density at radius 2 is 1.86 bits per heavy atom. The molecular formula is C28H31N3O3S. The van der Waals surface area contributed by atoms with E-state index < -0.39 is 17.1 Å². The number of carbonyl (C=O) groups is 3. The summed E-state index contributed by atoms with van der Waals surface area (Å²) >= 11 is 0.873. The number of hydrogen-bond acceptors (Lipinski definition) is 5. The van der Waals surface area contributed by atoms with Gasteiger partial charge in [0.1, 0.15) is 6.54 Å². The smallest absolute Gasteiger partial charge is 0.294 e. The van der Waals surface area contributed by atoms with E-state index >= 15 is 0 Å². The number of nitrogens with one attached hydrogen (secondary N) is 1. The van der Waals surface area contributed by atoms with Gasteiger partial charge in [0.05, 0.1) is 10.4 Å². The van der Waals surface area contributed by atoms with Gasteiger partial charge in [-0.3, -0.25) is 19.3 Å². The van der Waals surface area contributed by atoms with Gasteiger partial charge in [0.25, 0.3) is 11.1 Å². The van der Waals surface area contributed by atoms with Crippen molar-refractivity contribution in [3.05, 3.63) is 69.6 Å². The van der Waals surface area contributed by atoms with Crippen molar-refractivity contribution in [1.29, 1.82) is 0 Å². The Hall–Kier alpha value is -3.32. The highest BCUT2D eigenvalue weighted by atomic mass is 32.2. The van der Waals surface area contributed by atoms with E-state index in [2.05, 4.69) is 56.1 Å². The highest BCUT2D eigenvalue weighted by Crippen LogP contribution is 2.41. The minimum Gasteiger partial charge on any atom is -0.363 e. The molecule has 2 aromatic carbocycles. The number of likely N-dealkylation sites (N-methyl/N-ethyl adjacent to an activating group) is 1. The second-order valence-corrected chi connectivity index (χ2v) is 10.6. The molecular weight excluding hydrogens is 458 g/mol. The van der Waals surface area contributed by atoms with Gasteiger partial charge in [-0.2, -0.15) is 0 Å². The van der Waals surface area contributed by atoms with Gasteiger partial charge >= 0.3 is 0 Å². The lowest BCUT2D eigenvalue weighted by Gasteiger charge is -2.43. The molecule has 1 saturated heterocycles. The molecule has 0 aromatic heterocycles. The van der Waals surface area contributed by atoms with Crippen molar-refractivity contribution in [3.63, 3.8) is 0 Å². The summed E-state index contributed by atoms with van der Waals surface area (Å²) in [5, 5.41) is 2.32. The minimum atomic E-state index is -0.444. The van der Waals surface area contributed by atoms with Gasteiger partial charge in [-0.1, -0.05) is 18.2 Å². The molecule has 0 aliphatic carbocycles. The molecule has 2 aliphatic heterocycles. The summed E-state index contributed by atoms with van der Waals surface area (Å²) in [6.07, 6.45) is 4.03. The van der Waals surface area contributed by atoms with Crippen molar-refractivity contribution in [2.45, 2.75) is 47.1 Å². The molecule has 35 heavy (non-hydrogen) atoms. The van der Waals surface area contributed by atoms with Crippen LogP contribution < -0.4 is 10.2 Å². The third-order valence-electron chi connectivity index (χ3n) is 6.45. The minimum absolute atomic E-state index is 0.0819. The number of hydrogen-bond donors (Lipinski definition) is 1. The molecule has 1 N–H and O–H groups in total. The van der Waals surface area contributed by atoms with Crippen molar-refractivity contribution >= 4 is 51.8 Å². The van der Waals surface area contributed by atoms with Gasteiger partial charge in [0.2, 0.25) is 5.91 Å². The molecule has 182 valence electrons. The molecule has 2 aliphatic rings. The highest BCUT2D eigenvalue weighted by molar-refractivity contribution is 8.18. The third kappa shape index (κ3) is 4.91. The molecule has 1 fully saturated rings. The van der Waals surface area contributed by atoms with Gasteiger partial charge in [-0.15, -0.1) is 0 Å². The zero-order valence-electron chi connectivity index (χ0n) is 21.1. The molecule has 0 radical (unpaired) electrons. The van der Waals surface area contributed by atoms with Gasteiger partial charge in [0.15, 0.2) is 0 Å². The Kier molecular flexibility index (Phi) is 6.64. The summed E-state index contributed by atoms with van der Waals surface area (Å²) in [7, 11) is 0. The van der Waals surface area contributed by atoms with E-state index in [1.165, 1.54) is 11.3 Å². The molecule has 6 nitrogen and oxygen atoms in total. The molecule has 2 heterocycles. The lowest BCUT2D eigenvalue weighted by atomic mass is 9.87. The van der Waals surface area contributed by atoms with Crippen molar-refractivity contribution in [1.82, 2.24) is 4.90 Å². The normalized spacial score (nSPS) is 18.1. The number of imide groups is 1. The number of nitrogens with zero attached hydrogens (tertiary/aromatic N) is 2. The summed E-state index contributed by atoms with van der Waals surface area (Å²) in [5.41, 5.74) is 6.96. The monoisotopic (exact) mass is 489 g/mol. The van der Waals surface area contributed by atoms with E-state index in [1.54, 1.807) is 12.1 Å². The first-order chi connectivity index (χ1) is 16.5. The predicted molar refractivity (Wildman–Crippen MR) is 144 cm³/mol. The number of anilines is 2. The second-order valence-electron chi connectivity index (χ2n) is 9.64. The quantitative estimate of drug-likeness (QED) is 0.522. The average Bonchev–Trinajstić information content (AvgIpc) is 3.02. The Morgan fingerprint density at radius 1 is 1.11 bits per heavy atom. The molecule has 4 rings (SSSR count). The summed E-state index contributed by atoms with van der Waals surface area (Å²) in [6.45, 7) is 13.2. The average molecular weight is 490 g/mol. The standard InChI is InChI=1S/C28H31N3O3S/c1-7-31-23-12-18(3)20(13-22(23)19(4)15-28(31,5)6)14-24-26(33)30(27(34)35-24)16-25(32)29-21-10-8-9-17(2)11-21/h8-15H,7,16H2,1-6H3,(H,29,32)/b24-14+. The topological polar surface area (TPSA) is 69.7 Å². The van der Waals surface area contributed by atoms with Gasteiger partial charge in [-0.05, 0) is 106 Å². The highest BCUT2D eigenvalue weighted by Gasteiger charge is 2.37. The number of thioether (sulfide) groups is 1. The first-order valence-electron chi connectivity index (χ1n) is 11.7. The first kappa shape index (κ1) is 24.8. The number of fused-ring (bicyclic) bond motifs is 1. The predicted octanol–water partition coefficient (Wildman–Crippen LogP) is 6.00. The number of rotatable bonds is 5. The maximum absolute atomic E-state index is 13.0. The fraction of sp³-hybridized carbons (Fsp3) is 0.321. The van der Waals surface area contributed by atoms with Crippen LogP contribution in [0.2, 0.25) is 0 Å². The number of aryl methyl sites for hydroxylation is 2. The summed E-state index contributed by atoms with van der Waals surface area (Å²) in [4.78, 5) is 41.8. The summed E-state index contributed by atoms with van der Waals surface area (Å²) < 4.78 is 0. The van der Waals surface area contributed by atoms with Crippen LogP contribution in [-0.4, -0.2) is 40.6 Å². The molecule has 0 saturated carbocycles. The van der Waals surface area contributed by atoms with Crippen LogP contribution in [0.1, 0.15) is 49.9 Å². The van der Waals surface area contributed by atoms with Crippen molar-refractivity contribution in [3.8, 4) is 0 Å². The lowest BCUT2D eigenvalue weighted by molar-refractivity contribution is -0.127. The maximum atomic E-state index is 13.0. The Bertz CT molecular complexity index is 1290. The van der Waals surface area contributed by atoms with E-state index in [-0.39, 0.29) is 12.1 Å². The Balaban J connectivity index is 1.57. The molecule has 0 unspecified atom stereocenters. The number of carbonyl (C=O) groups excluding carboxylic acids is 3. The van der Waals surface area contributed by atoms with E-state index in [0.717, 1.165) is 45.5 Å². The largest absolute Gasteiger partial charge is 0.363 e. The van der Waals surface area contributed by atoms with Crippen molar-refractivity contribution < 1.29 is 14.4 Å². The van der Waals surface area contributed by atoms with Gasteiger partial charge in [-0.25, -0.2) is 0 Å². The molecule has 2 aromatic rings. The zero-order chi connectivity index (χ0) is 25.5. The summed E-state index contributed by atoms with van der Waals surface area (Å²) in [5.74, 6) is -0.854. The van der Waals surface area contributed by atoms with E-state index in [9.17, 15) is 14.4 Å². The van der Waals surface area contributed by atoms with E-state index in [0.29, 0.717) is 10.6 Å². The van der Waals surface area contributed by atoms with Crippen LogP contribution in [0.5, 0.6) is 0 Å². The number of allylic oxidation sites excluding steroid dienone is 1. The Morgan fingerprint density at radius 3 is 2.54 bits per heavy atom. The van der Waals surface area contributed by atoms with Gasteiger partial charge in [0, 0.05) is 23.5 Å². The first-order valence-corrected chi connectivity index (χ1v) is 12.6. The number of benzene rings is 2. The van der Waals surface area contributed by atoms with Crippen molar-refractivity contribution in [2.75, 3.05) is 23.3 Å². The summed E-state index contributed by atoms with van der Waals surface area (Å²) in [6, 6.07) is 11.6. The molecule has 3 amide bonds. The zero-order valence-corrected chi connectivity index (χ0v) is 21.9.